The van der Waals surface area contributed by atoms with E-state index in [1.807, 2.05) is 31.2 Å². The lowest BCUT2D eigenvalue weighted by atomic mass is 10.2. The summed E-state index contributed by atoms with van der Waals surface area (Å²) in [4.78, 5) is 21.1. The Morgan fingerprint density at radius 1 is 1.36 bits per heavy atom. The number of ether oxygens (including phenoxy) is 1. The van der Waals surface area contributed by atoms with Gasteiger partial charge in [-0.25, -0.2) is 9.97 Å². The van der Waals surface area contributed by atoms with Crippen LogP contribution in [0.15, 0.2) is 33.7 Å². The van der Waals surface area contributed by atoms with Gasteiger partial charge in [-0.15, -0.1) is 0 Å². The van der Waals surface area contributed by atoms with Crippen LogP contribution >= 0.6 is 11.8 Å². The first-order chi connectivity index (χ1) is 12.2. The number of thioether (sulfide) groups is 1. The summed E-state index contributed by atoms with van der Waals surface area (Å²) in [6.07, 6.45) is 2.23. The van der Waals surface area contributed by atoms with Crippen LogP contribution in [0, 0.1) is 6.92 Å². The molecule has 1 atom stereocenters. The first-order valence-corrected chi connectivity index (χ1v) is 9.36. The van der Waals surface area contributed by atoms with Crippen LogP contribution in [0.25, 0.3) is 22.1 Å². The van der Waals surface area contributed by atoms with Crippen molar-refractivity contribution in [1.82, 2.24) is 15.3 Å². The Kier molecular flexibility index (Phi) is 4.59. The van der Waals surface area contributed by atoms with Crippen LogP contribution in [0.4, 0.5) is 0 Å². The Bertz CT molecular complexity index is 918. The van der Waals surface area contributed by atoms with Gasteiger partial charge in [-0.1, -0.05) is 23.9 Å². The Hall–Kier alpha value is -2.12. The number of para-hydroxylation sites is 1. The number of aromatic nitrogens is 2. The second kappa shape index (κ2) is 7.01. The molecular weight excluding hydrogens is 338 g/mol. The molecule has 1 aromatic carbocycles. The zero-order chi connectivity index (χ0) is 17.2. The lowest BCUT2D eigenvalue weighted by Gasteiger charge is -2.10. The molecule has 1 aliphatic rings. The summed E-state index contributed by atoms with van der Waals surface area (Å²) in [5, 5.41) is 4.59. The number of carbonyl (C=O) groups is 1. The molecule has 3 heterocycles. The molecule has 130 valence electrons. The number of nitrogens with zero attached hydrogens (tertiary/aromatic N) is 2. The molecule has 0 saturated carbocycles. The highest BCUT2D eigenvalue weighted by atomic mass is 32.2. The number of benzene rings is 1. The molecule has 6 nitrogen and oxygen atoms in total. The van der Waals surface area contributed by atoms with Crippen LogP contribution in [-0.2, 0) is 9.53 Å². The summed E-state index contributed by atoms with van der Waals surface area (Å²) in [6, 6.07) is 7.78. The van der Waals surface area contributed by atoms with Gasteiger partial charge in [-0.3, -0.25) is 4.79 Å². The number of amides is 1. The van der Waals surface area contributed by atoms with Crippen LogP contribution in [0.5, 0.6) is 0 Å². The van der Waals surface area contributed by atoms with Crippen LogP contribution < -0.4 is 5.32 Å². The predicted molar refractivity (Wildman–Crippen MR) is 96.8 cm³/mol. The summed E-state index contributed by atoms with van der Waals surface area (Å²) in [5.41, 5.74) is 2.22. The third-order valence-corrected chi connectivity index (χ3v) is 5.15. The minimum Gasteiger partial charge on any atom is -0.451 e. The highest BCUT2D eigenvalue weighted by Crippen LogP contribution is 2.32. The van der Waals surface area contributed by atoms with E-state index in [0.717, 1.165) is 35.9 Å². The van der Waals surface area contributed by atoms with Gasteiger partial charge < -0.3 is 14.5 Å². The monoisotopic (exact) mass is 357 g/mol. The maximum Gasteiger partial charge on any atom is 0.230 e. The molecule has 1 fully saturated rings. The third kappa shape index (κ3) is 3.48. The van der Waals surface area contributed by atoms with Gasteiger partial charge in [-0.2, -0.15) is 0 Å². The summed E-state index contributed by atoms with van der Waals surface area (Å²) < 4.78 is 11.4. The Morgan fingerprint density at radius 2 is 2.24 bits per heavy atom. The van der Waals surface area contributed by atoms with E-state index in [-0.39, 0.29) is 17.8 Å². The van der Waals surface area contributed by atoms with E-state index in [4.69, 9.17) is 9.15 Å². The SMILES string of the molecule is Cc1nc(SCC(=O)NC[C@@H]2CCCO2)c2oc3ccccc3c2n1. The second-order valence-corrected chi connectivity index (χ2v) is 7.04. The molecule has 1 saturated heterocycles. The van der Waals surface area contributed by atoms with Crippen LogP contribution in [-0.4, -0.2) is 40.9 Å². The second-order valence-electron chi connectivity index (χ2n) is 6.08. The highest BCUT2D eigenvalue weighted by molar-refractivity contribution is 8.00. The van der Waals surface area contributed by atoms with Gasteiger partial charge in [0.15, 0.2) is 5.58 Å². The van der Waals surface area contributed by atoms with Crippen molar-refractivity contribution in [2.75, 3.05) is 18.9 Å². The molecule has 0 bridgehead atoms. The van der Waals surface area contributed by atoms with Gasteiger partial charge in [0.2, 0.25) is 5.91 Å². The molecule has 4 rings (SSSR count). The van der Waals surface area contributed by atoms with E-state index in [0.29, 0.717) is 23.0 Å². The topological polar surface area (TPSA) is 77.2 Å². The van der Waals surface area contributed by atoms with Crippen molar-refractivity contribution in [3.63, 3.8) is 0 Å². The van der Waals surface area contributed by atoms with E-state index in [1.54, 1.807) is 0 Å². The normalized spacial score (nSPS) is 17.4. The summed E-state index contributed by atoms with van der Waals surface area (Å²) in [6.45, 7) is 3.21. The van der Waals surface area contributed by atoms with Crippen molar-refractivity contribution in [3.8, 4) is 0 Å². The maximum absolute atomic E-state index is 12.1. The fourth-order valence-electron chi connectivity index (χ4n) is 2.99. The quantitative estimate of drug-likeness (QED) is 0.559. The number of carbonyl (C=O) groups excluding carboxylic acids is 1. The third-order valence-electron chi connectivity index (χ3n) is 4.19. The highest BCUT2D eigenvalue weighted by Gasteiger charge is 2.18. The minimum atomic E-state index is -0.0268. The molecule has 1 N–H and O–H groups in total. The average molecular weight is 357 g/mol. The van der Waals surface area contributed by atoms with Crippen LogP contribution in [0.2, 0.25) is 0 Å². The predicted octanol–water partition coefficient (Wildman–Crippen LogP) is 3.07. The van der Waals surface area contributed by atoms with Crippen molar-refractivity contribution < 1.29 is 13.9 Å². The van der Waals surface area contributed by atoms with Crippen molar-refractivity contribution in [1.29, 1.82) is 0 Å². The Labute approximate surface area is 149 Å². The molecule has 1 amide bonds. The van der Waals surface area contributed by atoms with Gasteiger partial charge in [0.25, 0.3) is 0 Å². The fourth-order valence-corrected chi connectivity index (χ4v) is 3.82. The number of nitrogens with one attached hydrogen (secondary N) is 1. The van der Waals surface area contributed by atoms with Gasteiger partial charge in [-0.05, 0) is 31.9 Å². The first-order valence-electron chi connectivity index (χ1n) is 8.37. The van der Waals surface area contributed by atoms with E-state index < -0.39 is 0 Å². The van der Waals surface area contributed by atoms with Crippen molar-refractivity contribution in [2.24, 2.45) is 0 Å². The molecular formula is C18H19N3O3S. The Morgan fingerprint density at radius 3 is 3.08 bits per heavy atom. The number of fused-ring (bicyclic) bond motifs is 3. The lowest BCUT2D eigenvalue weighted by molar-refractivity contribution is -0.119. The van der Waals surface area contributed by atoms with E-state index >= 15 is 0 Å². The van der Waals surface area contributed by atoms with Crippen molar-refractivity contribution >= 4 is 39.7 Å². The molecule has 0 unspecified atom stereocenters. The van der Waals surface area contributed by atoms with E-state index in [2.05, 4.69) is 15.3 Å². The Balaban J connectivity index is 1.49. The van der Waals surface area contributed by atoms with E-state index in [9.17, 15) is 4.79 Å². The zero-order valence-corrected chi connectivity index (χ0v) is 14.8. The standard InChI is InChI=1S/C18H19N3O3S/c1-11-20-16-13-6-2-3-7-14(13)24-17(16)18(21-11)25-10-15(22)19-9-12-5-4-8-23-12/h2-3,6-7,12H,4-5,8-10H2,1H3,(H,19,22)/t12-/m0/s1. The van der Waals surface area contributed by atoms with Gasteiger partial charge in [0.05, 0.1) is 11.9 Å². The van der Waals surface area contributed by atoms with Crippen LogP contribution in [0.1, 0.15) is 18.7 Å². The van der Waals surface area contributed by atoms with Gasteiger partial charge >= 0.3 is 0 Å². The number of hydrogen-bond acceptors (Lipinski definition) is 6. The molecule has 3 aromatic rings. The largest absolute Gasteiger partial charge is 0.451 e. The maximum atomic E-state index is 12.1. The fraction of sp³-hybridized carbons (Fsp3) is 0.389. The number of hydrogen-bond donors (Lipinski definition) is 1. The van der Waals surface area contributed by atoms with Crippen molar-refractivity contribution in [2.45, 2.75) is 30.9 Å². The molecule has 1 aliphatic heterocycles. The minimum absolute atomic E-state index is 0.0268. The molecule has 7 heteroatoms. The average Bonchev–Trinajstić information content (AvgIpc) is 3.25. The van der Waals surface area contributed by atoms with Gasteiger partial charge in [0.1, 0.15) is 22.0 Å². The first kappa shape index (κ1) is 16.4. The molecule has 0 radical (unpaired) electrons. The number of furan rings is 1. The summed E-state index contributed by atoms with van der Waals surface area (Å²) in [5.74, 6) is 0.928. The zero-order valence-electron chi connectivity index (χ0n) is 13.9. The number of aryl methyl sites for hydroxylation is 1. The van der Waals surface area contributed by atoms with E-state index in [1.165, 1.54) is 11.8 Å². The summed E-state index contributed by atoms with van der Waals surface area (Å²) in [7, 11) is 0. The summed E-state index contributed by atoms with van der Waals surface area (Å²) >= 11 is 1.37. The number of rotatable bonds is 5. The molecule has 2 aromatic heterocycles. The lowest BCUT2D eigenvalue weighted by Crippen LogP contribution is -2.32. The smallest absolute Gasteiger partial charge is 0.230 e. The van der Waals surface area contributed by atoms with Gasteiger partial charge in [0, 0.05) is 18.5 Å². The van der Waals surface area contributed by atoms with Crippen molar-refractivity contribution in [3.05, 3.63) is 30.1 Å². The molecule has 0 spiro atoms. The molecule has 0 aliphatic carbocycles. The molecule has 25 heavy (non-hydrogen) atoms. The van der Waals surface area contributed by atoms with Crippen LogP contribution in [0.3, 0.4) is 0 Å².